The van der Waals surface area contributed by atoms with E-state index in [1.807, 2.05) is 26.8 Å². The van der Waals surface area contributed by atoms with Gasteiger partial charge in [0.25, 0.3) is 0 Å². The summed E-state index contributed by atoms with van der Waals surface area (Å²) in [7, 11) is 1.37. The standard InChI is InChI=1S/C15H25NO4/c1-11(13(17)19-5)8-9-12-7-6-10-16(12)14(18)20-15(2,3)4/h8-9,11-12H,6-7,10H2,1-5H3/b9-8+/t11-,12-/m0/s1. The van der Waals surface area contributed by atoms with E-state index < -0.39 is 5.60 Å². The smallest absolute Gasteiger partial charge is 0.410 e. The van der Waals surface area contributed by atoms with Crippen molar-refractivity contribution in [3.63, 3.8) is 0 Å². The molecule has 1 aliphatic rings. The van der Waals surface area contributed by atoms with Crippen molar-refractivity contribution in [2.24, 2.45) is 5.92 Å². The van der Waals surface area contributed by atoms with Crippen LogP contribution in [0.15, 0.2) is 12.2 Å². The van der Waals surface area contributed by atoms with E-state index in [1.165, 1.54) is 7.11 Å². The number of carbonyl (C=O) groups is 2. The zero-order chi connectivity index (χ0) is 15.3. The Kier molecular flexibility index (Phi) is 5.60. The largest absolute Gasteiger partial charge is 0.469 e. The number of rotatable bonds is 3. The molecule has 0 spiro atoms. The summed E-state index contributed by atoms with van der Waals surface area (Å²) < 4.78 is 10.1. The second-order valence-electron chi connectivity index (χ2n) is 6.08. The van der Waals surface area contributed by atoms with E-state index >= 15 is 0 Å². The first-order chi connectivity index (χ1) is 9.24. The highest BCUT2D eigenvalue weighted by atomic mass is 16.6. The lowest BCUT2D eigenvalue weighted by atomic mass is 10.1. The Morgan fingerprint density at radius 2 is 2.00 bits per heavy atom. The highest BCUT2D eigenvalue weighted by molar-refractivity contribution is 5.74. The van der Waals surface area contributed by atoms with Crippen molar-refractivity contribution >= 4 is 12.1 Å². The van der Waals surface area contributed by atoms with Crippen molar-refractivity contribution in [1.29, 1.82) is 0 Å². The predicted molar refractivity (Wildman–Crippen MR) is 76.3 cm³/mol. The van der Waals surface area contributed by atoms with Crippen molar-refractivity contribution in [3.8, 4) is 0 Å². The number of likely N-dealkylation sites (tertiary alicyclic amines) is 1. The van der Waals surface area contributed by atoms with E-state index in [-0.39, 0.29) is 24.0 Å². The van der Waals surface area contributed by atoms with Gasteiger partial charge in [-0.1, -0.05) is 12.2 Å². The highest BCUT2D eigenvalue weighted by Crippen LogP contribution is 2.22. The Morgan fingerprint density at radius 3 is 2.55 bits per heavy atom. The van der Waals surface area contributed by atoms with Gasteiger partial charge in [0.2, 0.25) is 0 Å². The van der Waals surface area contributed by atoms with Crippen LogP contribution in [0.25, 0.3) is 0 Å². The lowest BCUT2D eigenvalue weighted by Crippen LogP contribution is -2.39. The summed E-state index contributed by atoms with van der Waals surface area (Å²) >= 11 is 0. The molecule has 0 bridgehead atoms. The summed E-state index contributed by atoms with van der Waals surface area (Å²) in [5.74, 6) is -0.579. The Hall–Kier alpha value is -1.52. The lowest BCUT2D eigenvalue weighted by molar-refractivity contribution is -0.143. The maximum atomic E-state index is 12.1. The van der Waals surface area contributed by atoms with Gasteiger partial charge < -0.3 is 14.4 Å². The van der Waals surface area contributed by atoms with E-state index in [0.29, 0.717) is 6.54 Å². The number of ether oxygens (including phenoxy) is 2. The fourth-order valence-corrected chi connectivity index (χ4v) is 2.10. The SMILES string of the molecule is COC(=O)[C@@H](C)/C=C/[C@@H]1CCCN1C(=O)OC(C)(C)C. The van der Waals surface area contributed by atoms with Crippen molar-refractivity contribution in [2.75, 3.05) is 13.7 Å². The molecule has 1 fully saturated rings. The Balaban J connectivity index is 2.63. The lowest BCUT2D eigenvalue weighted by Gasteiger charge is -2.27. The van der Waals surface area contributed by atoms with Crippen LogP contribution in [0.3, 0.4) is 0 Å². The van der Waals surface area contributed by atoms with Gasteiger partial charge in [-0.3, -0.25) is 4.79 Å². The van der Waals surface area contributed by atoms with Gasteiger partial charge in [-0.2, -0.15) is 0 Å². The molecule has 0 aromatic rings. The minimum atomic E-state index is -0.493. The second kappa shape index (κ2) is 6.77. The molecule has 2 atom stereocenters. The van der Waals surface area contributed by atoms with E-state index in [0.717, 1.165) is 12.8 Å². The third kappa shape index (κ3) is 4.87. The van der Waals surface area contributed by atoms with E-state index in [9.17, 15) is 9.59 Å². The molecule has 1 saturated heterocycles. The number of hydrogen-bond acceptors (Lipinski definition) is 4. The molecule has 1 rings (SSSR count). The maximum absolute atomic E-state index is 12.1. The minimum Gasteiger partial charge on any atom is -0.469 e. The quantitative estimate of drug-likeness (QED) is 0.590. The topological polar surface area (TPSA) is 55.8 Å². The predicted octanol–water partition coefficient (Wildman–Crippen LogP) is 2.75. The molecule has 0 unspecified atom stereocenters. The normalized spacial score (nSPS) is 21.1. The summed E-state index contributed by atoms with van der Waals surface area (Å²) in [5.41, 5.74) is -0.493. The Bertz CT molecular complexity index is 384. The molecule has 5 heteroatoms. The number of amides is 1. The first-order valence-electron chi connectivity index (χ1n) is 7.00. The van der Waals surface area contributed by atoms with Crippen molar-refractivity contribution in [3.05, 3.63) is 12.2 Å². The number of methoxy groups -OCH3 is 1. The van der Waals surface area contributed by atoms with Gasteiger partial charge in [-0.05, 0) is 40.5 Å². The van der Waals surface area contributed by atoms with Gasteiger partial charge in [0, 0.05) is 6.54 Å². The molecule has 1 heterocycles. The molecule has 0 aromatic heterocycles. The second-order valence-corrected chi connectivity index (χ2v) is 6.08. The van der Waals surface area contributed by atoms with Gasteiger partial charge in [0.15, 0.2) is 0 Å². The fraction of sp³-hybridized carbons (Fsp3) is 0.733. The van der Waals surface area contributed by atoms with Crippen molar-refractivity contribution in [1.82, 2.24) is 4.90 Å². The Morgan fingerprint density at radius 1 is 1.35 bits per heavy atom. The van der Waals surface area contributed by atoms with Crippen LogP contribution >= 0.6 is 0 Å². The molecule has 0 saturated carbocycles. The molecule has 0 aromatic carbocycles. The molecular formula is C15H25NO4. The van der Waals surface area contributed by atoms with Crippen LogP contribution in [0, 0.1) is 5.92 Å². The number of hydrogen-bond donors (Lipinski definition) is 0. The summed E-state index contributed by atoms with van der Waals surface area (Å²) in [4.78, 5) is 25.1. The first-order valence-corrected chi connectivity index (χ1v) is 7.00. The number of nitrogens with zero attached hydrogens (tertiary/aromatic N) is 1. The molecule has 5 nitrogen and oxygen atoms in total. The molecule has 0 radical (unpaired) electrons. The van der Waals surface area contributed by atoms with Crippen LogP contribution in [-0.2, 0) is 14.3 Å². The van der Waals surface area contributed by atoms with Crippen LogP contribution in [0.5, 0.6) is 0 Å². The van der Waals surface area contributed by atoms with Gasteiger partial charge in [-0.25, -0.2) is 4.79 Å². The van der Waals surface area contributed by atoms with Gasteiger partial charge in [-0.15, -0.1) is 0 Å². The molecule has 20 heavy (non-hydrogen) atoms. The average molecular weight is 283 g/mol. The molecule has 0 N–H and O–H groups in total. The third-order valence-corrected chi connectivity index (χ3v) is 3.12. The number of carbonyl (C=O) groups excluding carboxylic acids is 2. The third-order valence-electron chi connectivity index (χ3n) is 3.12. The van der Waals surface area contributed by atoms with Gasteiger partial charge in [0.05, 0.1) is 19.1 Å². The molecule has 1 amide bonds. The van der Waals surface area contributed by atoms with Crippen LogP contribution < -0.4 is 0 Å². The summed E-state index contributed by atoms with van der Waals surface area (Å²) in [6, 6.07) is -0.00282. The van der Waals surface area contributed by atoms with Crippen LogP contribution in [-0.4, -0.2) is 42.3 Å². The summed E-state index contributed by atoms with van der Waals surface area (Å²) in [6.45, 7) is 8.02. The molecular weight excluding hydrogens is 258 g/mol. The molecule has 0 aliphatic carbocycles. The maximum Gasteiger partial charge on any atom is 0.410 e. The van der Waals surface area contributed by atoms with E-state index in [1.54, 1.807) is 17.9 Å². The van der Waals surface area contributed by atoms with Crippen LogP contribution in [0.1, 0.15) is 40.5 Å². The summed E-state index contributed by atoms with van der Waals surface area (Å²) in [6.07, 6.45) is 5.23. The zero-order valence-electron chi connectivity index (χ0n) is 13.0. The van der Waals surface area contributed by atoms with Crippen LogP contribution in [0.2, 0.25) is 0 Å². The monoisotopic (exact) mass is 283 g/mol. The fourth-order valence-electron chi connectivity index (χ4n) is 2.10. The molecule has 114 valence electrons. The van der Waals surface area contributed by atoms with Gasteiger partial charge in [0.1, 0.15) is 5.60 Å². The van der Waals surface area contributed by atoms with E-state index in [4.69, 9.17) is 4.74 Å². The Labute approximate surface area is 120 Å². The summed E-state index contributed by atoms with van der Waals surface area (Å²) in [5, 5.41) is 0. The minimum absolute atomic E-state index is 0.00282. The van der Waals surface area contributed by atoms with Crippen molar-refractivity contribution in [2.45, 2.75) is 52.2 Å². The van der Waals surface area contributed by atoms with Crippen molar-refractivity contribution < 1.29 is 19.1 Å². The highest BCUT2D eigenvalue weighted by Gasteiger charge is 2.30. The van der Waals surface area contributed by atoms with Crippen LogP contribution in [0.4, 0.5) is 4.79 Å². The first kappa shape index (κ1) is 16.5. The number of esters is 1. The average Bonchev–Trinajstić information content (AvgIpc) is 2.81. The van der Waals surface area contributed by atoms with Gasteiger partial charge >= 0.3 is 12.1 Å². The zero-order valence-corrected chi connectivity index (χ0v) is 13.0. The van der Waals surface area contributed by atoms with E-state index in [2.05, 4.69) is 4.74 Å². The molecule has 1 aliphatic heterocycles.